The number of amides is 1. The van der Waals surface area contributed by atoms with E-state index < -0.39 is 27.3 Å². The molecule has 7 nitrogen and oxygen atoms in total. The maximum absolute atomic E-state index is 13.3. The third kappa shape index (κ3) is 6.52. The van der Waals surface area contributed by atoms with Crippen LogP contribution in [0.3, 0.4) is 0 Å². The summed E-state index contributed by atoms with van der Waals surface area (Å²) in [4.78, 5) is 15.6. The van der Waals surface area contributed by atoms with Gasteiger partial charge in [-0.15, -0.1) is 13.2 Å². The average molecular weight is 627 g/mol. The van der Waals surface area contributed by atoms with Crippen LogP contribution in [0.4, 0.5) is 5.69 Å². The van der Waals surface area contributed by atoms with Gasteiger partial charge in [-0.05, 0) is 105 Å². The van der Waals surface area contributed by atoms with E-state index in [1.165, 1.54) is 11.1 Å². The molecule has 0 unspecified atom stereocenters. The van der Waals surface area contributed by atoms with E-state index in [9.17, 15) is 18.3 Å². The molecule has 1 saturated carbocycles. The number of nitrogens with zero attached hydrogens (tertiary/aromatic N) is 1. The fourth-order valence-electron chi connectivity index (χ4n) is 7.18. The van der Waals surface area contributed by atoms with Crippen molar-refractivity contribution in [2.45, 2.75) is 75.1 Å². The molecule has 1 amide bonds. The van der Waals surface area contributed by atoms with Gasteiger partial charge < -0.3 is 14.7 Å². The Hall–Kier alpha value is -2.81. The van der Waals surface area contributed by atoms with Gasteiger partial charge in [0.15, 0.2) is 0 Å². The number of benzene rings is 2. The molecule has 5 atom stereocenters. The maximum atomic E-state index is 13.3. The lowest BCUT2D eigenvalue weighted by Gasteiger charge is -2.45. The van der Waals surface area contributed by atoms with Gasteiger partial charge in [-0.25, -0.2) is 13.1 Å². The monoisotopic (exact) mass is 626 g/mol. The molecule has 0 bridgehead atoms. The Balaban J connectivity index is 1.50. The first-order valence-electron chi connectivity index (χ1n) is 15.4. The molecule has 1 aliphatic heterocycles. The number of halogens is 1. The fourth-order valence-corrected chi connectivity index (χ4v) is 8.75. The first-order chi connectivity index (χ1) is 20.6. The first-order valence-corrected chi connectivity index (χ1v) is 17.3. The molecule has 2 aromatic carbocycles. The number of aliphatic hydroxyl groups excluding tert-OH is 1. The van der Waals surface area contributed by atoms with Crippen molar-refractivity contribution in [1.82, 2.24) is 4.72 Å². The zero-order valence-corrected chi connectivity index (χ0v) is 26.5. The number of rotatable bonds is 11. The number of hydrogen-bond donors (Lipinski definition) is 2. The van der Waals surface area contributed by atoms with Crippen LogP contribution >= 0.6 is 11.6 Å². The van der Waals surface area contributed by atoms with Crippen molar-refractivity contribution in [2.24, 2.45) is 11.8 Å². The summed E-state index contributed by atoms with van der Waals surface area (Å²) in [6.07, 6.45) is 8.98. The van der Waals surface area contributed by atoms with E-state index in [4.69, 9.17) is 16.3 Å². The summed E-state index contributed by atoms with van der Waals surface area (Å²) in [5, 5.41) is 10.8. The van der Waals surface area contributed by atoms with Crippen molar-refractivity contribution in [3.8, 4) is 5.75 Å². The van der Waals surface area contributed by atoms with Crippen LogP contribution in [0, 0.1) is 11.8 Å². The molecule has 0 aromatic heterocycles. The maximum Gasteiger partial charge on any atom is 0.264 e. The first kappa shape index (κ1) is 31.6. The van der Waals surface area contributed by atoms with Gasteiger partial charge in [-0.1, -0.05) is 36.7 Å². The van der Waals surface area contributed by atoms with Crippen molar-refractivity contribution < 1.29 is 23.1 Å². The van der Waals surface area contributed by atoms with Gasteiger partial charge >= 0.3 is 0 Å². The van der Waals surface area contributed by atoms with Gasteiger partial charge in [0, 0.05) is 29.1 Å². The molecule has 43 heavy (non-hydrogen) atoms. The number of aryl methyl sites for hydroxylation is 1. The Labute approximate surface area is 261 Å². The summed E-state index contributed by atoms with van der Waals surface area (Å²) in [5.41, 5.74) is 3.24. The number of carbonyl (C=O) groups excluding carboxylic acids is 1. The number of fused-ring (bicyclic) bond motifs is 3. The zero-order chi connectivity index (χ0) is 30.8. The highest BCUT2D eigenvalue weighted by atomic mass is 35.5. The van der Waals surface area contributed by atoms with Gasteiger partial charge in [0.1, 0.15) is 5.75 Å². The van der Waals surface area contributed by atoms with Crippen LogP contribution in [0.5, 0.6) is 5.75 Å². The number of carbonyl (C=O) groups is 1. The number of aliphatic hydroxyl groups is 1. The topological polar surface area (TPSA) is 95.9 Å². The van der Waals surface area contributed by atoms with Crippen molar-refractivity contribution in [3.05, 3.63) is 83.4 Å². The van der Waals surface area contributed by atoms with Crippen LogP contribution in [0.1, 0.15) is 73.4 Å². The molecule has 2 aromatic rings. The number of allylic oxidation sites excluding steroid dienone is 1. The average Bonchev–Trinajstić information content (AvgIpc) is 3.10. The SMILES string of the molecule is C=CC[C@H](CC)S(=O)(=O)NC(=O)c1ccc2c(c1)N(C[C@@H]1CC[C@H]1[C@@H](O)CC=C)C[C@@]1(CCCc3cc(Cl)ccc31)CO2. The van der Waals surface area contributed by atoms with Gasteiger partial charge in [-0.2, -0.15) is 0 Å². The minimum Gasteiger partial charge on any atom is -0.490 e. The van der Waals surface area contributed by atoms with Crippen LogP contribution < -0.4 is 14.4 Å². The van der Waals surface area contributed by atoms with E-state index in [0.717, 1.165) is 42.8 Å². The second-order valence-corrected chi connectivity index (χ2v) is 14.8. The van der Waals surface area contributed by atoms with Crippen LogP contribution in [0.15, 0.2) is 61.7 Å². The molecule has 232 valence electrons. The smallest absolute Gasteiger partial charge is 0.264 e. The Morgan fingerprint density at radius 2 is 2.00 bits per heavy atom. The van der Waals surface area contributed by atoms with Gasteiger partial charge in [-0.3, -0.25) is 4.79 Å². The van der Waals surface area contributed by atoms with E-state index in [1.807, 2.05) is 6.07 Å². The highest BCUT2D eigenvalue weighted by Gasteiger charge is 2.44. The summed E-state index contributed by atoms with van der Waals surface area (Å²) < 4.78 is 34.8. The molecular weight excluding hydrogens is 584 g/mol. The Bertz CT molecular complexity index is 1480. The number of nitrogens with one attached hydrogen (secondary N) is 1. The fraction of sp³-hybridized carbons (Fsp3) is 0.500. The number of sulfonamides is 1. The molecule has 1 fully saturated rings. The van der Waals surface area contributed by atoms with Crippen LogP contribution in [0.2, 0.25) is 5.02 Å². The molecule has 2 N–H and O–H groups in total. The predicted octanol–water partition coefficient (Wildman–Crippen LogP) is 6.19. The second kappa shape index (κ2) is 13.0. The summed E-state index contributed by atoms with van der Waals surface area (Å²) in [6.45, 7) is 11.1. The third-order valence-corrected chi connectivity index (χ3v) is 11.8. The largest absolute Gasteiger partial charge is 0.490 e. The molecule has 0 saturated heterocycles. The van der Waals surface area contributed by atoms with E-state index in [1.54, 1.807) is 37.3 Å². The molecule has 9 heteroatoms. The standard InChI is InChI=1S/C34H43ClN2O5S/c1-4-8-27(6-3)43(40,41)36-33(39)24-12-16-32-30(19-24)37(20-25-11-14-28(25)31(38)9-5-2)21-34(22-42-32)17-7-10-23-18-26(35)13-15-29(23)34/h4-5,12-13,15-16,18-19,25,27-28,31,38H,1-2,6-11,14,17,20-22H2,3H3,(H,36,39)/t25-,27-,28+,31-,34-/m0/s1. The highest BCUT2D eigenvalue weighted by molar-refractivity contribution is 7.90. The summed E-state index contributed by atoms with van der Waals surface area (Å²) in [6, 6.07) is 11.3. The van der Waals surface area contributed by atoms with Crippen LogP contribution in [-0.4, -0.2) is 50.5 Å². The number of hydrogen-bond acceptors (Lipinski definition) is 6. The van der Waals surface area contributed by atoms with E-state index in [-0.39, 0.29) is 29.2 Å². The molecule has 2 aliphatic carbocycles. The second-order valence-electron chi connectivity index (χ2n) is 12.4. The third-order valence-electron chi connectivity index (χ3n) is 9.69. The molecule has 3 aliphatic rings. The number of ether oxygens (including phenoxy) is 1. The summed E-state index contributed by atoms with van der Waals surface area (Å²) >= 11 is 6.39. The van der Waals surface area contributed by atoms with Crippen LogP contribution in [-0.2, 0) is 21.9 Å². The Morgan fingerprint density at radius 3 is 2.70 bits per heavy atom. The minimum absolute atomic E-state index is 0.173. The lowest BCUT2D eigenvalue weighted by atomic mass is 9.68. The molecule has 5 rings (SSSR count). The van der Waals surface area contributed by atoms with Crippen molar-refractivity contribution >= 4 is 33.2 Å². The Kier molecular flexibility index (Phi) is 9.59. The van der Waals surface area contributed by atoms with E-state index in [0.29, 0.717) is 38.3 Å². The Morgan fingerprint density at radius 1 is 1.21 bits per heavy atom. The lowest BCUT2D eigenvalue weighted by molar-refractivity contribution is 0.0178. The quantitative estimate of drug-likeness (QED) is 0.289. The van der Waals surface area contributed by atoms with Crippen molar-refractivity contribution in [3.63, 3.8) is 0 Å². The molecule has 1 heterocycles. The zero-order valence-electron chi connectivity index (χ0n) is 24.9. The molecular formula is C34H43ClN2O5S. The van der Waals surface area contributed by atoms with Gasteiger partial charge in [0.05, 0.1) is 23.6 Å². The van der Waals surface area contributed by atoms with E-state index >= 15 is 0 Å². The lowest BCUT2D eigenvalue weighted by Crippen LogP contribution is -2.49. The van der Waals surface area contributed by atoms with Crippen molar-refractivity contribution in [1.29, 1.82) is 0 Å². The van der Waals surface area contributed by atoms with E-state index in [2.05, 4.69) is 34.9 Å². The van der Waals surface area contributed by atoms with Gasteiger partial charge in [0.2, 0.25) is 10.0 Å². The summed E-state index contributed by atoms with van der Waals surface area (Å²) in [7, 11) is -3.88. The predicted molar refractivity (Wildman–Crippen MR) is 173 cm³/mol. The number of anilines is 1. The molecule has 0 radical (unpaired) electrons. The van der Waals surface area contributed by atoms with Gasteiger partial charge in [0.25, 0.3) is 5.91 Å². The van der Waals surface area contributed by atoms with Crippen LogP contribution in [0.25, 0.3) is 0 Å². The molecule has 1 spiro atoms. The van der Waals surface area contributed by atoms with Crippen molar-refractivity contribution in [2.75, 3.05) is 24.6 Å². The normalized spacial score (nSPS) is 24.4. The summed E-state index contributed by atoms with van der Waals surface area (Å²) in [5.74, 6) is 0.447. The highest BCUT2D eigenvalue weighted by Crippen LogP contribution is 2.46. The minimum atomic E-state index is -3.88.